The molecule has 0 spiro atoms. The van der Waals surface area contributed by atoms with Gasteiger partial charge < -0.3 is 0 Å². The molecule has 0 saturated carbocycles. The first kappa shape index (κ1) is 19.4. The largest absolute Gasteiger partial charge is 0.243 e. The number of rotatable bonds is 5. The van der Waals surface area contributed by atoms with Crippen LogP contribution in [0.2, 0.25) is 0 Å². The molecule has 1 aromatic carbocycles. The van der Waals surface area contributed by atoms with Gasteiger partial charge in [0, 0.05) is 12.6 Å². The smallest absolute Gasteiger partial charge is 0.229 e. The normalized spacial score (nSPS) is 20.7. The Hall–Kier alpha value is -0.920. The van der Waals surface area contributed by atoms with Gasteiger partial charge in [-0.3, -0.25) is 0 Å². The molecule has 1 saturated heterocycles. The lowest BCUT2D eigenvalue weighted by molar-refractivity contribution is 0.340. The highest BCUT2D eigenvalue weighted by atomic mass is 32.2. The fraction of sp³-hybridized carbons (Fsp3) is 0.647. The van der Waals surface area contributed by atoms with Crippen molar-refractivity contribution in [1.29, 1.82) is 0 Å². The number of sulfonamides is 1. The summed E-state index contributed by atoms with van der Waals surface area (Å²) in [6.45, 7) is 9.71. The zero-order valence-corrected chi connectivity index (χ0v) is 16.7. The highest BCUT2D eigenvalue weighted by molar-refractivity contribution is 7.92. The van der Waals surface area contributed by atoms with E-state index in [-0.39, 0.29) is 11.5 Å². The van der Waals surface area contributed by atoms with E-state index in [1.54, 1.807) is 0 Å². The topological polar surface area (TPSA) is 71.5 Å². The Kier molecular flexibility index (Phi) is 5.47. The van der Waals surface area contributed by atoms with E-state index >= 15 is 0 Å². The van der Waals surface area contributed by atoms with Gasteiger partial charge in [0.25, 0.3) is 0 Å². The van der Waals surface area contributed by atoms with Gasteiger partial charge in [-0.25, -0.2) is 16.8 Å². The zero-order valence-electron chi connectivity index (χ0n) is 15.1. The van der Waals surface area contributed by atoms with Crippen LogP contribution in [0.3, 0.4) is 0 Å². The third-order valence-electron chi connectivity index (χ3n) is 4.92. The molecule has 7 heteroatoms. The van der Waals surface area contributed by atoms with Crippen LogP contribution >= 0.6 is 0 Å². The van der Waals surface area contributed by atoms with Crippen LogP contribution in [0.4, 0.5) is 0 Å². The Labute approximate surface area is 146 Å². The second-order valence-electron chi connectivity index (χ2n) is 6.76. The molecule has 136 valence electrons. The van der Waals surface area contributed by atoms with Gasteiger partial charge in [-0.2, -0.15) is 4.31 Å². The van der Waals surface area contributed by atoms with Crippen molar-refractivity contribution in [2.45, 2.75) is 58.4 Å². The number of sulfone groups is 1. The van der Waals surface area contributed by atoms with E-state index in [2.05, 4.69) is 0 Å². The van der Waals surface area contributed by atoms with Crippen molar-refractivity contribution in [3.63, 3.8) is 0 Å². The predicted octanol–water partition coefficient (Wildman–Crippen LogP) is 2.51. The van der Waals surface area contributed by atoms with Crippen LogP contribution in [0.5, 0.6) is 0 Å². The molecule has 0 aromatic heterocycles. The molecule has 0 N–H and O–H groups in total. The minimum Gasteiger partial charge on any atom is -0.229 e. The van der Waals surface area contributed by atoms with Crippen molar-refractivity contribution >= 4 is 19.9 Å². The minimum atomic E-state index is -3.73. The SMILES string of the molecule is CCCN([C@@H]1CCS(=O)(=O)C1)S(=O)(=O)c1c(C)c(C)cc(C)c1C. The van der Waals surface area contributed by atoms with Crippen molar-refractivity contribution in [2.24, 2.45) is 0 Å². The maximum Gasteiger partial charge on any atom is 0.243 e. The molecule has 1 aliphatic rings. The quantitative estimate of drug-likeness (QED) is 0.795. The lowest BCUT2D eigenvalue weighted by atomic mass is 10.0. The second-order valence-corrected chi connectivity index (χ2v) is 10.8. The maximum absolute atomic E-state index is 13.4. The molecule has 2 rings (SSSR count). The molecule has 0 bridgehead atoms. The molecule has 0 aliphatic carbocycles. The van der Waals surface area contributed by atoms with Crippen LogP contribution in [0.1, 0.15) is 42.0 Å². The van der Waals surface area contributed by atoms with Crippen molar-refractivity contribution in [2.75, 3.05) is 18.1 Å². The Morgan fingerprint density at radius 1 is 1.12 bits per heavy atom. The number of hydrogen-bond acceptors (Lipinski definition) is 4. The number of hydrogen-bond donors (Lipinski definition) is 0. The van der Waals surface area contributed by atoms with Gasteiger partial charge in [0.2, 0.25) is 10.0 Å². The Balaban J connectivity index is 2.59. The molecule has 0 radical (unpaired) electrons. The third-order valence-corrected chi connectivity index (χ3v) is 8.90. The first-order valence-electron chi connectivity index (χ1n) is 8.31. The molecule has 0 unspecified atom stereocenters. The zero-order chi connectivity index (χ0) is 18.3. The lowest BCUT2D eigenvalue weighted by Gasteiger charge is -2.29. The molecule has 24 heavy (non-hydrogen) atoms. The molecule has 1 aliphatic heterocycles. The number of aryl methyl sites for hydroxylation is 2. The summed E-state index contributed by atoms with van der Waals surface area (Å²) in [6.07, 6.45) is 1.03. The summed E-state index contributed by atoms with van der Waals surface area (Å²) in [4.78, 5) is 0.345. The van der Waals surface area contributed by atoms with Crippen LogP contribution in [0.25, 0.3) is 0 Å². The van der Waals surface area contributed by atoms with Crippen LogP contribution in [0.15, 0.2) is 11.0 Å². The van der Waals surface area contributed by atoms with E-state index in [1.807, 2.05) is 40.7 Å². The first-order valence-corrected chi connectivity index (χ1v) is 11.6. The average Bonchev–Trinajstić information content (AvgIpc) is 2.82. The van der Waals surface area contributed by atoms with E-state index in [0.29, 0.717) is 24.3 Å². The van der Waals surface area contributed by atoms with Gasteiger partial charge >= 0.3 is 0 Å². The van der Waals surface area contributed by atoms with E-state index in [1.165, 1.54) is 4.31 Å². The fourth-order valence-corrected chi connectivity index (χ4v) is 7.56. The monoisotopic (exact) mass is 373 g/mol. The van der Waals surface area contributed by atoms with Gasteiger partial charge in [0.15, 0.2) is 9.84 Å². The summed E-state index contributed by atoms with van der Waals surface area (Å²) in [6, 6.07) is 1.54. The predicted molar refractivity (Wildman–Crippen MR) is 96.6 cm³/mol. The standard InChI is InChI=1S/C17H27NO4S2/c1-6-8-18(16-7-9-23(19,20)11-16)24(21,22)17-14(4)12(2)10-13(3)15(17)5/h10,16H,6-9,11H2,1-5H3/t16-/m1/s1. The van der Waals surface area contributed by atoms with Gasteiger partial charge in [-0.15, -0.1) is 0 Å². The first-order chi connectivity index (χ1) is 11.0. The fourth-order valence-electron chi connectivity index (χ4n) is 3.41. The minimum absolute atomic E-state index is 0.0677. The molecular formula is C17H27NO4S2. The summed E-state index contributed by atoms with van der Waals surface area (Å²) in [5, 5.41) is 0. The van der Waals surface area contributed by atoms with Gasteiger partial charge in [0.1, 0.15) is 0 Å². The summed E-state index contributed by atoms with van der Waals surface area (Å²) < 4.78 is 51.9. The van der Waals surface area contributed by atoms with Crippen LogP contribution in [-0.4, -0.2) is 45.2 Å². The van der Waals surface area contributed by atoms with E-state index in [9.17, 15) is 16.8 Å². The van der Waals surface area contributed by atoms with Crippen LogP contribution < -0.4 is 0 Å². The summed E-state index contributed by atoms with van der Waals surface area (Å²) >= 11 is 0. The van der Waals surface area contributed by atoms with Gasteiger partial charge in [-0.1, -0.05) is 13.0 Å². The summed E-state index contributed by atoms with van der Waals surface area (Å²) in [5.41, 5.74) is 3.37. The van der Waals surface area contributed by atoms with E-state index in [0.717, 1.165) is 22.3 Å². The molecular weight excluding hydrogens is 346 g/mol. The van der Waals surface area contributed by atoms with Crippen molar-refractivity contribution in [1.82, 2.24) is 4.31 Å². The average molecular weight is 374 g/mol. The number of nitrogens with zero attached hydrogens (tertiary/aromatic N) is 1. The van der Waals surface area contributed by atoms with Gasteiger partial charge in [-0.05, 0) is 62.8 Å². The highest BCUT2D eigenvalue weighted by Crippen LogP contribution is 2.31. The Morgan fingerprint density at radius 3 is 2.08 bits per heavy atom. The molecule has 0 amide bonds. The van der Waals surface area contributed by atoms with Crippen molar-refractivity contribution in [3.05, 3.63) is 28.3 Å². The van der Waals surface area contributed by atoms with Crippen molar-refractivity contribution in [3.8, 4) is 0 Å². The molecule has 1 atom stereocenters. The molecule has 1 fully saturated rings. The Bertz CT molecular complexity index is 816. The highest BCUT2D eigenvalue weighted by Gasteiger charge is 2.39. The van der Waals surface area contributed by atoms with E-state index in [4.69, 9.17) is 0 Å². The maximum atomic E-state index is 13.4. The van der Waals surface area contributed by atoms with Gasteiger partial charge in [0.05, 0.1) is 16.4 Å². The third kappa shape index (κ3) is 3.53. The molecule has 1 heterocycles. The second kappa shape index (κ2) is 6.77. The lowest BCUT2D eigenvalue weighted by Crippen LogP contribution is -2.42. The van der Waals surface area contributed by atoms with Crippen molar-refractivity contribution < 1.29 is 16.8 Å². The molecule has 1 aromatic rings. The Morgan fingerprint density at radius 2 is 1.67 bits per heavy atom. The summed E-state index contributed by atoms with van der Waals surface area (Å²) in [5.74, 6) is -0.00661. The van der Waals surface area contributed by atoms with Crippen LogP contribution in [-0.2, 0) is 19.9 Å². The number of benzene rings is 1. The van der Waals surface area contributed by atoms with E-state index < -0.39 is 25.9 Å². The van der Waals surface area contributed by atoms with Crippen LogP contribution in [0, 0.1) is 27.7 Å². The molecule has 5 nitrogen and oxygen atoms in total. The summed E-state index contributed by atoms with van der Waals surface area (Å²) in [7, 11) is -6.88.